The standard InChI is InChI=1S/C19H24FN11O9P2S2/c20-9-1-7(38-17(9)31-14-11(28-29-31)13(21)23-5-24-14)4-37-42(35,44)40-10-2-8(3-36-41(33,34)43)39-18(10)30-6-25-12-15(30)26-19(22)27-16(12)32/h5-10,17-18H,1-4H2,(H,35,44)(H2,21,23,24)(H2,33,34,43)(H3,22,26,27,32)/t7-,8-,9-,10-,17+,18+,42?/m0/s1. The highest BCUT2D eigenvalue weighted by molar-refractivity contribution is 8.44. The summed E-state index contributed by atoms with van der Waals surface area (Å²) in [6, 6.07) is 0. The Morgan fingerprint density at radius 2 is 1.80 bits per heavy atom. The molecule has 8 atom stereocenters. The summed E-state index contributed by atoms with van der Waals surface area (Å²) in [5.41, 5.74) is 11.2. The van der Waals surface area contributed by atoms with Gasteiger partial charge in [0, 0.05) is 12.8 Å². The molecule has 6 rings (SSSR count). The second-order valence-corrected chi connectivity index (χ2v) is 15.4. The molecule has 6 heterocycles. The van der Waals surface area contributed by atoms with E-state index in [0.717, 1.165) is 4.68 Å². The molecule has 238 valence electrons. The first-order valence-corrected chi connectivity index (χ1v) is 18.0. The second-order valence-electron chi connectivity index (χ2n) is 9.72. The summed E-state index contributed by atoms with van der Waals surface area (Å²) < 4.78 is 70.1. The average molecular weight is 696 g/mol. The molecule has 20 nitrogen and oxygen atoms in total. The Balaban J connectivity index is 1.16. The van der Waals surface area contributed by atoms with E-state index in [1.165, 1.54) is 17.2 Å². The molecule has 0 amide bonds. The van der Waals surface area contributed by atoms with Gasteiger partial charge in [0.2, 0.25) is 5.95 Å². The van der Waals surface area contributed by atoms with Gasteiger partial charge in [-0.1, -0.05) is 29.7 Å². The lowest BCUT2D eigenvalue weighted by molar-refractivity contribution is -0.0491. The molecule has 0 radical (unpaired) electrons. The Bertz CT molecular complexity index is 1860. The van der Waals surface area contributed by atoms with E-state index < -0.39 is 62.7 Å². The van der Waals surface area contributed by atoms with Gasteiger partial charge in [0.25, 0.3) is 5.56 Å². The van der Waals surface area contributed by atoms with E-state index in [-0.39, 0.29) is 53.5 Å². The van der Waals surface area contributed by atoms with Crippen LogP contribution in [0.5, 0.6) is 0 Å². The average Bonchev–Trinajstić information content (AvgIpc) is 3.71. The second kappa shape index (κ2) is 11.9. The fraction of sp³-hybridized carbons (Fsp3) is 0.526. The molecular weight excluding hydrogens is 671 g/mol. The normalized spacial score (nSPS) is 28.5. The minimum atomic E-state index is -4.20. The zero-order valence-electron chi connectivity index (χ0n) is 22.1. The van der Waals surface area contributed by atoms with Crippen LogP contribution in [0.15, 0.2) is 17.4 Å². The van der Waals surface area contributed by atoms with Crippen molar-refractivity contribution in [2.24, 2.45) is 0 Å². The van der Waals surface area contributed by atoms with E-state index in [4.69, 9.17) is 34.5 Å². The maximum Gasteiger partial charge on any atom is 0.386 e. The number of alkyl halides is 1. The Morgan fingerprint density at radius 1 is 1.07 bits per heavy atom. The molecule has 2 fully saturated rings. The van der Waals surface area contributed by atoms with Crippen LogP contribution in [0.4, 0.5) is 16.2 Å². The van der Waals surface area contributed by atoms with Crippen molar-refractivity contribution < 1.29 is 41.5 Å². The number of hydrogen-bond donors (Lipinski definition) is 6. The predicted octanol–water partition coefficient (Wildman–Crippen LogP) is 0.918. The lowest BCUT2D eigenvalue weighted by Gasteiger charge is -2.24. The molecule has 0 aliphatic carbocycles. The van der Waals surface area contributed by atoms with E-state index in [1.807, 2.05) is 0 Å². The van der Waals surface area contributed by atoms with Crippen molar-refractivity contribution in [1.29, 1.82) is 0 Å². The summed E-state index contributed by atoms with van der Waals surface area (Å²) in [4.78, 5) is 40.0. The van der Waals surface area contributed by atoms with Crippen LogP contribution in [0.2, 0.25) is 0 Å². The molecule has 25 heteroatoms. The molecule has 4 aromatic rings. The number of aromatic nitrogens is 9. The number of aromatic amines is 1. The topological polar surface area (TPSA) is 273 Å². The fourth-order valence-electron chi connectivity index (χ4n) is 4.83. The molecule has 2 saturated heterocycles. The number of halogens is 1. The van der Waals surface area contributed by atoms with Crippen LogP contribution in [-0.2, 0) is 32.2 Å². The van der Waals surface area contributed by atoms with E-state index >= 15 is 0 Å². The van der Waals surface area contributed by atoms with Gasteiger partial charge in [0.1, 0.15) is 18.6 Å². The number of ether oxygens (including phenoxy) is 2. The number of thiol groups is 2. The molecule has 6 N–H and O–H groups in total. The number of nitrogens with two attached hydrogens (primary N) is 2. The first-order chi connectivity index (χ1) is 20.8. The fourth-order valence-corrected chi connectivity index (χ4v) is 6.90. The minimum Gasteiger partial charge on any atom is -0.382 e. The van der Waals surface area contributed by atoms with E-state index in [0.29, 0.717) is 0 Å². The van der Waals surface area contributed by atoms with Crippen LogP contribution in [-0.4, -0.2) is 87.1 Å². The van der Waals surface area contributed by atoms with Gasteiger partial charge in [-0.15, -0.1) is 5.10 Å². The van der Waals surface area contributed by atoms with Crippen LogP contribution in [0, 0.1) is 0 Å². The Hall–Kier alpha value is -2.72. The summed E-state index contributed by atoms with van der Waals surface area (Å²) in [7, 11) is 0. The van der Waals surface area contributed by atoms with Crippen LogP contribution in [0.3, 0.4) is 0 Å². The van der Waals surface area contributed by atoms with Crippen LogP contribution in [0.1, 0.15) is 25.3 Å². The number of imidazole rings is 1. The molecule has 0 spiro atoms. The third kappa shape index (κ3) is 6.48. The highest BCUT2D eigenvalue weighted by Crippen LogP contribution is 2.57. The van der Waals surface area contributed by atoms with Crippen molar-refractivity contribution in [3.8, 4) is 0 Å². The molecule has 44 heavy (non-hydrogen) atoms. The molecule has 2 aliphatic rings. The van der Waals surface area contributed by atoms with Gasteiger partial charge in [-0.25, -0.2) is 28.5 Å². The van der Waals surface area contributed by atoms with Crippen LogP contribution in [0.25, 0.3) is 22.3 Å². The lowest BCUT2D eigenvalue weighted by Crippen LogP contribution is -2.23. The number of anilines is 2. The number of rotatable bonds is 10. The summed E-state index contributed by atoms with van der Waals surface area (Å²) in [6.45, 7) is -9.14. The van der Waals surface area contributed by atoms with Gasteiger partial charge in [0.15, 0.2) is 40.6 Å². The smallest absolute Gasteiger partial charge is 0.382 e. The number of nitrogens with one attached hydrogen (secondary N) is 1. The van der Waals surface area contributed by atoms with Crippen LogP contribution < -0.4 is 17.0 Å². The molecule has 2 unspecified atom stereocenters. The Labute approximate surface area is 255 Å². The number of nitrogens with zero attached hydrogens (tertiary/aromatic N) is 8. The zero-order chi connectivity index (χ0) is 31.4. The van der Waals surface area contributed by atoms with Gasteiger partial charge in [0.05, 0.1) is 31.7 Å². The number of hydrogen-bond acceptors (Lipinski definition) is 16. The molecule has 0 aromatic carbocycles. The van der Waals surface area contributed by atoms with Crippen molar-refractivity contribution >= 4 is 72.2 Å². The lowest BCUT2D eigenvalue weighted by atomic mass is 10.2. The number of fused-ring (bicyclic) bond motifs is 2. The highest BCUT2D eigenvalue weighted by atomic mass is 32.7. The van der Waals surface area contributed by atoms with Crippen molar-refractivity contribution in [2.45, 2.75) is 49.8 Å². The maximum atomic E-state index is 15.0. The summed E-state index contributed by atoms with van der Waals surface area (Å²) in [5.74, 6) is -0.133. The predicted molar refractivity (Wildman–Crippen MR) is 154 cm³/mol. The summed E-state index contributed by atoms with van der Waals surface area (Å²) >= 11 is 7.56. The molecule has 4 aromatic heterocycles. The zero-order valence-corrected chi connectivity index (χ0v) is 25.6. The largest absolute Gasteiger partial charge is 0.386 e. The van der Waals surface area contributed by atoms with Crippen molar-refractivity contribution in [3.63, 3.8) is 0 Å². The maximum absolute atomic E-state index is 15.0. The summed E-state index contributed by atoms with van der Waals surface area (Å²) in [6.07, 6.45) is -4.53. The van der Waals surface area contributed by atoms with E-state index in [2.05, 4.69) is 59.7 Å². The minimum absolute atomic E-state index is 0.0235. The SMILES string of the molecule is Nc1nc2c(ncn2[C@@H]2O[C@H](COP(=O)(O)S)C[C@@H]2OP(=O)(S)OC[C@@H]2C[C@H](F)[C@H](n3nnc4c(N)ncnc43)O2)c(=O)[nH]1. The van der Waals surface area contributed by atoms with Crippen molar-refractivity contribution in [2.75, 3.05) is 24.7 Å². The van der Waals surface area contributed by atoms with Crippen molar-refractivity contribution in [1.82, 2.24) is 44.5 Å². The van der Waals surface area contributed by atoms with Gasteiger partial charge in [-0.05, 0) is 0 Å². The third-order valence-corrected chi connectivity index (χ3v) is 9.12. The van der Waals surface area contributed by atoms with Crippen LogP contribution >= 0.6 is 38.1 Å². The van der Waals surface area contributed by atoms with Gasteiger partial charge in [-0.2, -0.15) is 9.67 Å². The first kappa shape index (κ1) is 31.3. The number of nitrogen functional groups attached to an aromatic ring is 2. The van der Waals surface area contributed by atoms with Gasteiger partial charge < -0.3 is 25.8 Å². The monoisotopic (exact) mass is 695 g/mol. The molecule has 0 saturated carbocycles. The van der Waals surface area contributed by atoms with E-state index in [9.17, 15) is 23.2 Å². The summed E-state index contributed by atoms with van der Waals surface area (Å²) in [5, 5.41) is 7.75. The molecule has 2 aliphatic heterocycles. The number of H-pyrrole nitrogens is 1. The van der Waals surface area contributed by atoms with E-state index in [1.54, 1.807) is 0 Å². The Morgan fingerprint density at radius 3 is 2.57 bits per heavy atom. The highest BCUT2D eigenvalue weighted by Gasteiger charge is 2.44. The molecular formula is C19H24FN11O9P2S2. The molecule has 0 bridgehead atoms. The van der Waals surface area contributed by atoms with Crippen molar-refractivity contribution in [3.05, 3.63) is 23.0 Å². The first-order valence-electron chi connectivity index (χ1n) is 12.6. The van der Waals surface area contributed by atoms with Gasteiger partial charge in [-0.3, -0.25) is 27.9 Å². The third-order valence-electron chi connectivity index (χ3n) is 6.65. The Kier molecular flexibility index (Phi) is 8.45. The van der Waals surface area contributed by atoms with Gasteiger partial charge >= 0.3 is 13.6 Å². The quantitative estimate of drug-likeness (QED) is 0.0994.